The summed E-state index contributed by atoms with van der Waals surface area (Å²) in [6, 6.07) is 18.8. The first-order valence-electron chi connectivity index (χ1n) is 11.2. The summed E-state index contributed by atoms with van der Waals surface area (Å²) in [6.07, 6.45) is 2.19. The summed E-state index contributed by atoms with van der Waals surface area (Å²) in [7, 11) is 0. The Balaban J connectivity index is 1.51. The van der Waals surface area contributed by atoms with E-state index in [4.69, 9.17) is 21.0 Å². The molecule has 5 rings (SSSR count). The fourth-order valence-corrected chi connectivity index (χ4v) is 6.40. The average molecular weight is 463 g/mol. The van der Waals surface area contributed by atoms with Crippen molar-refractivity contribution in [1.29, 1.82) is 0 Å². The number of oxazole rings is 1. The topological polar surface area (TPSA) is 29.3 Å². The van der Waals surface area contributed by atoms with Crippen LogP contribution in [0.3, 0.4) is 0 Å². The van der Waals surface area contributed by atoms with E-state index in [1.807, 2.05) is 42.5 Å². The number of benzene rings is 2. The highest BCUT2D eigenvalue weighted by molar-refractivity contribution is 7.12. The second kappa shape index (κ2) is 8.86. The predicted octanol–water partition coefficient (Wildman–Crippen LogP) is 7.38. The molecule has 3 heterocycles. The third-order valence-corrected chi connectivity index (χ3v) is 7.91. The van der Waals surface area contributed by atoms with Crippen molar-refractivity contribution in [3.63, 3.8) is 0 Å². The summed E-state index contributed by atoms with van der Waals surface area (Å²) < 4.78 is 6.05. The van der Waals surface area contributed by atoms with Crippen LogP contribution in [0.5, 0.6) is 0 Å². The summed E-state index contributed by atoms with van der Waals surface area (Å²) in [5.41, 5.74) is 6.41. The SMILES string of the molecule is CCc1c(C)sc2c1CCN(Cc1nc(-c3ccc(Cl)cc3)oc1C)C2c1ccccc1. The van der Waals surface area contributed by atoms with Crippen molar-refractivity contribution in [3.8, 4) is 11.5 Å². The number of fused-ring (bicyclic) bond motifs is 1. The molecule has 4 aromatic rings. The maximum absolute atomic E-state index is 6.05. The Hall–Kier alpha value is -2.40. The Morgan fingerprint density at radius 2 is 1.84 bits per heavy atom. The van der Waals surface area contributed by atoms with Crippen molar-refractivity contribution in [1.82, 2.24) is 9.88 Å². The van der Waals surface area contributed by atoms with E-state index in [2.05, 4.69) is 49.1 Å². The highest BCUT2D eigenvalue weighted by atomic mass is 35.5. The van der Waals surface area contributed by atoms with Crippen LogP contribution in [-0.4, -0.2) is 16.4 Å². The van der Waals surface area contributed by atoms with Crippen molar-refractivity contribution < 1.29 is 4.42 Å². The molecule has 1 atom stereocenters. The van der Waals surface area contributed by atoms with Gasteiger partial charge in [-0.15, -0.1) is 11.3 Å². The summed E-state index contributed by atoms with van der Waals surface area (Å²) in [6.45, 7) is 8.34. The van der Waals surface area contributed by atoms with Crippen molar-refractivity contribution in [2.45, 2.75) is 46.2 Å². The minimum atomic E-state index is 0.249. The molecular formula is C27H27ClN2OS. The Morgan fingerprint density at radius 1 is 1.09 bits per heavy atom. The second-order valence-electron chi connectivity index (χ2n) is 8.40. The molecule has 0 bridgehead atoms. The number of aromatic nitrogens is 1. The molecule has 32 heavy (non-hydrogen) atoms. The number of halogens is 1. The zero-order valence-electron chi connectivity index (χ0n) is 18.7. The third-order valence-electron chi connectivity index (χ3n) is 6.42. The molecule has 3 nitrogen and oxygen atoms in total. The standard InChI is InChI=1S/C27H27ClN2OS/c1-4-22-18(3)32-26-23(22)14-15-30(25(26)19-8-6-5-7-9-19)16-24-17(2)31-27(29-24)20-10-12-21(28)13-11-20/h5-13,25H,4,14-16H2,1-3H3. The maximum Gasteiger partial charge on any atom is 0.226 e. The van der Waals surface area contributed by atoms with Gasteiger partial charge in [-0.05, 0) is 67.6 Å². The van der Waals surface area contributed by atoms with Crippen molar-refractivity contribution >= 4 is 22.9 Å². The quantitative estimate of drug-likeness (QED) is 0.309. The van der Waals surface area contributed by atoms with Gasteiger partial charge in [0.1, 0.15) is 5.76 Å². The van der Waals surface area contributed by atoms with Crippen LogP contribution in [-0.2, 0) is 19.4 Å². The molecule has 0 spiro atoms. The van der Waals surface area contributed by atoms with Gasteiger partial charge in [-0.3, -0.25) is 4.90 Å². The van der Waals surface area contributed by atoms with Gasteiger partial charge in [0.2, 0.25) is 5.89 Å². The molecule has 2 aromatic carbocycles. The van der Waals surface area contributed by atoms with Crippen LogP contribution in [0.2, 0.25) is 5.02 Å². The molecule has 0 radical (unpaired) electrons. The van der Waals surface area contributed by atoms with Gasteiger partial charge < -0.3 is 4.42 Å². The fraction of sp³-hybridized carbons (Fsp3) is 0.296. The number of thiophene rings is 1. The smallest absolute Gasteiger partial charge is 0.226 e. The van der Waals surface area contributed by atoms with Crippen LogP contribution < -0.4 is 0 Å². The number of nitrogens with zero attached hydrogens (tertiary/aromatic N) is 2. The number of hydrogen-bond donors (Lipinski definition) is 0. The van der Waals surface area contributed by atoms with E-state index in [0.717, 1.165) is 42.9 Å². The van der Waals surface area contributed by atoms with E-state index < -0.39 is 0 Å². The first kappa shape index (κ1) is 21.4. The molecule has 1 unspecified atom stereocenters. The summed E-state index contributed by atoms with van der Waals surface area (Å²) in [4.78, 5) is 10.4. The Kier molecular flexibility index (Phi) is 5.93. The Labute approximate surface area is 198 Å². The average Bonchev–Trinajstić information content (AvgIpc) is 3.33. The molecule has 0 saturated carbocycles. The van der Waals surface area contributed by atoms with E-state index in [1.54, 1.807) is 11.1 Å². The van der Waals surface area contributed by atoms with Crippen molar-refractivity contribution in [3.05, 3.63) is 97.5 Å². The van der Waals surface area contributed by atoms with Gasteiger partial charge in [0.05, 0.1) is 11.7 Å². The lowest BCUT2D eigenvalue weighted by atomic mass is 9.91. The molecule has 0 amide bonds. The van der Waals surface area contributed by atoms with Gasteiger partial charge in [0, 0.05) is 33.4 Å². The zero-order chi connectivity index (χ0) is 22.2. The molecule has 1 aliphatic heterocycles. The first-order valence-corrected chi connectivity index (χ1v) is 12.4. The minimum absolute atomic E-state index is 0.249. The zero-order valence-corrected chi connectivity index (χ0v) is 20.3. The molecule has 0 aliphatic carbocycles. The van der Waals surface area contributed by atoms with Gasteiger partial charge in [-0.25, -0.2) is 4.98 Å². The lowest BCUT2D eigenvalue weighted by Gasteiger charge is -2.36. The molecular weight excluding hydrogens is 436 g/mol. The summed E-state index contributed by atoms with van der Waals surface area (Å²) in [5.74, 6) is 1.53. The van der Waals surface area contributed by atoms with Crippen LogP contribution >= 0.6 is 22.9 Å². The predicted molar refractivity (Wildman–Crippen MR) is 133 cm³/mol. The van der Waals surface area contributed by atoms with Crippen LogP contribution in [0.4, 0.5) is 0 Å². The van der Waals surface area contributed by atoms with Gasteiger partial charge in [0.25, 0.3) is 0 Å². The molecule has 1 aliphatic rings. The second-order valence-corrected chi connectivity index (χ2v) is 10.1. The summed E-state index contributed by atoms with van der Waals surface area (Å²) >= 11 is 8.01. The molecule has 0 saturated heterocycles. The normalized spacial score (nSPS) is 16.3. The number of rotatable bonds is 5. The van der Waals surface area contributed by atoms with E-state index in [1.165, 1.54) is 15.3 Å². The van der Waals surface area contributed by atoms with Crippen LogP contribution in [0.15, 0.2) is 59.0 Å². The third kappa shape index (κ3) is 3.92. The van der Waals surface area contributed by atoms with Crippen molar-refractivity contribution in [2.75, 3.05) is 6.54 Å². The molecule has 0 fully saturated rings. The number of aryl methyl sites for hydroxylation is 2. The first-order chi connectivity index (χ1) is 15.5. The lowest BCUT2D eigenvalue weighted by Crippen LogP contribution is -2.35. The minimum Gasteiger partial charge on any atom is -0.441 e. The monoisotopic (exact) mass is 462 g/mol. The highest BCUT2D eigenvalue weighted by Gasteiger charge is 2.33. The lowest BCUT2D eigenvalue weighted by molar-refractivity contribution is 0.204. The van der Waals surface area contributed by atoms with E-state index >= 15 is 0 Å². The Bertz CT molecular complexity index is 1230. The van der Waals surface area contributed by atoms with E-state index in [9.17, 15) is 0 Å². The fourth-order valence-electron chi connectivity index (χ4n) is 4.81. The molecule has 2 aromatic heterocycles. The van der Waals surface area contributed by atoms with Gasteiger partial charge >= 0.3 is 0 Å². The maximum atomic E-state index is 6.05. The largest absolute Gasteiger partial charge is 0.441 e. The van der Waals surface area contributed by atoms with Crippen molar-refractivity contribution in [2.24, 2.45) is 0 Å². The van der Waals surface area contributed by atoms with Crippen LogP contribution in [0.25, 0.3) is 11.5 Å². The molecule has 164 valence electrons. The molecule has 5 heteroatoms. The van der Waals surface area contributed by atoms with Crippen LogP contribution in [0, 0.1) is 13.8 Å². The summed E-state index contributed by atoms with van der Waals surface area (Å²) in [5, 5.41) is 0.713. The number of hydrogen-bond acceptors (Lipinski definition) is 4. The van der Waals surface area contributed by atoms with Crippen LogP contribution in [0.1, 0.15) is 50.9 Å². The van der Waals surface area contributed by atoms with Gasteiger partial charge in [-0.1, -0.05) is 48.9 Å². The Morgan fingerprint density at radius 3 is 2.56 bits per heavy atom. The van der Waals surface area contributed by atoms with Gasteiger partial charge in [0.15, 0.2) is 0 Å². The van der Waals surface area contributed by atoms with E-state index in [-0.39, 0.29) is 6.04 Å². The van der Waals surface area contributed by atoms with E-state index in [0.29, 0.717) is 10.9 Å². The van der Waals surface area contributed by atoms with Gasteiger partial charge in [-0.2, -0.15) is 0 Å². The molecule has 0 N–H and O–H groups in total. The highest BCUT2D eigenvalue weighted by Crippen LogP contribution is 2.43.